The molecule has 0 aliphatic carbocycles. The van der Waals surface area contributed by atoms with Crippen LogP contribution in [-0.2, 0) is 30.5 Å². The molecule has 1 saturated heterocycles. The summed E-state index contributed by atoms with van der Waals surface area (Å²) in [7, 11) is 0. The second-order valence-electron chi connectivity index (χ2n) is 9.17. The van der Waals surface area contributed by atoms with Gasteiger partial charge in [-0.25, -0.2) is 9.38 Å². The number of nitrogens with zero attached hydrogens (tertiary/aromatic N) is 5. The second kappa shape index (κ2) is 10.7. The smallest absolute Gasteiger partial charge is 0.357 e. The molecule has 0 saturated carbocycles. The van der Waals surface area contributed by atoms with Crippen LogP contribution in [0.15, 0.2) is 53.8 Å². The first-order chi connectivity index (χ1) is 17.2. The Morgan fingerprint density at radius 1 is 1.14 bits per heavy atom. The van der Waals surface area contributed by atoms with Crippen molar-refractivity contribution in [2.75, 3.05) is 19.6 Å². The van der Waals surface area contributed by atoms with E-state index in [0.29, 0.717) is 17.7 Å². The average Bonchev–Trinajstić information content (AvgIpc) is 3.22. The van der Waals surface area contributed by atoms with Gasteiger partial charge in [0.25, 0.3) is 0 Å². The van der Waals surface area contributed by atoms with Gasteiger partial charge in [-0.1, -0.05) is 24.8 Å². The molecule has 2 aliphatic rings. The van der Waals surface area contributed by atoms with Gasteiger partial charge in [-0.15, -0.1) is 0 Å². The minimum Gasteiger partial charge on any atom is -0.357 e. The molecule has 2 aliphatic heterocycles. The number of amides is 1. The molecule has 1 aromatic heterocycles. The van der Waals surface area contributed by atoms with Gasteiger partial charge in [0.2, 0.25) is 5.91 Å². The van der Waals surface area contributed by atoms with Crippen LogP contribution in [0.25, 0.3) is 0 Å². The van der Waals surface area contributed by atoms with Gasteiger partial charge in [0.1, 0.15) is 11.6 Å². The number of allylic oxidation sites excluding steroid dienone is 2. The van der Waals surface area contributed by atoms with E-state index in [0.717, 1.165) is 31.8 Å². The van der Waals surface area contributed by atoms with Crippen LogP contribution in [0.1, 0.15) is 41.8 Å². The Bertz CT molecular complexity index is 1140. The molecular formula is C26H29F4N5O. The highest BCUT2D eigenvalue weighted by molar-refractivity contribution is 5.76. The van der Waals surface area contributed by atoms with Crippen molar-refractivity contribution in [3.63, 3.8) is 0 Å². The molecule has 0 bridgehead atoms. The number of piperidine rings is 1. The number of hydrogen-bond donors (Lipinski definition) is 0. The standard InChI is InChI=1S/C26H29F4N5O/c1-3-4-23(31-2)33-12-9-18(10-13-33)15-24(36)34-14-11-21-22(17-34)35(32-25(21)26(28,29)30)16-19-5-7-20(27)8-6-19/h3-8,18H,1-2,9-17H2/b23-4+. The third-order valence-corrected chi connectivity index (χ3v) is 6.84. The Morgan fingerprint density at radius 2 is 1.83 bits per heavy atom. The van der Waals surface area contributed by atoms with E-state index in [4.69, 9.17) is 0 Å². The second-order valence-corrected chi connectivity index (χ2v) is 9.17. The third kappa shape index (κ3) is 5.68. The van der Waals surface area contributed by atoms with E-state index in [-0.39, 0.29) is 43.4 Å². The Labute approximate surface area is 207 Å². The maximum absolute atomic E-state index is 13.7. The molecule has 1 amide bonds. The lowest BCUT2D eigenvalue weighted by Gasteiger charge is -2.35. The van der Waals surface area contributed by atoms with Crippen LogP contribution in [0.2, 0.25) is 0 Å². The topological polar surface area (TPSA) is 53.7 Å². The van der Waals surface area contributed by atoms with Crippen LogP contribution in [0.5, 0.6) is 0 Å². The summed E-state index contributed by atoms with van der Waals surface area (Å²) in [5.41, 5.74) is 0.251. The van der Waals surface area contributed by atoms with Crippen molar-refractivity contribution in [1.29, 1.82) is 0 Å². The largest absolute Gasteiger partial charge is 0.435 e. The van der Waals surface area contributed by atoms with E-state index < -0.39 is 17.7 Å². The van der Waals surface area contributed by atoms with Crippen molar-refractivity contribution in [3.05, 3.63) is 77.1 Å². The molecule has 0 atom stereocenters. The van der Waals surface area contributed by atoms with Gasteiger partial charge in [0.15, 0.2) is 5.69 Å². The minimum absolute atomic E-state index is 0.0640. The Morgan fingerprint density at radius 3 is 2.44 bits per heavy atom. The van der Waals surface area contributed by atoms with Gasteiger partial charge in [-0.3, -0.25) is 9.48 Å². The zero-order valence-electron chi connectivity index (χ0n) is 20.0. The molecule has 0 spiro atoms. The van der Waals surface area contributed by atoms with E-state index in [1.54, 1.807) is 17.1 Å². The molecule has 2 aromatic rings. The number of carbonyl (C=O) groups is 1. The molecule has 4 rings (SSSR count). The number of benzene rings is 1. The summed E-state index contributed by atoms with van der Waals surface area (Å²) in [5.74, 6) is 0.465. The molecule has 10 heteroatoms. The van der Waals surface area contributed by atoms with Gasteiger partial charge >= 0.3 is 6.18 Å². The van der Waals surface area contributed by atoms with Crippen LogP contribution < -0.4 is 0 Å². The molecule has 1 fully saturated rings. The molecule has 0 radical (unpaired) electrons. The molecule has 1 aromatic carbocycles. The molecule has 6 nitrogen and oxygen atoms in total. The first kappa shape index (κ1) is 25.7. The summed E-state index contributed by atoms with van der Waals surface area (Å²) in [6.45, 7) is 9.15. The van der Waals surface area contributed by atoms with Crippen LogP contribution in [0, 0.1) is 11.7 Å². The fourth-order valence-electron chi connectivity index (χ4n) is 4.92. The number of fused-ring (bicyclic) bond motifs is 1. The molecule has 0 unspecified atom stereocenters. The lowest BCUT2D eigenvalue weighted by atomic mass is 9.92. The lowest BCUT2D eigenvalue weighted by Crippen LogP contribution is -2.39. The SMILES string of the molecule is C=C/C=C(\N=C)N1CCC(CC(=O)N2CCc3c(C(F)(F)F)nn(Cc4ccc(F)cc4)c3C2)CC1. The average molecular weight is 504 g/mol. The van der Waals surface area contributed by atoms with Crippen molar-refractivity contribution < 1.29 is 22.4 Å². The number of aromatic nitrogens is 2. The number of alkyl halides is 3. The highest BCUT2D eigenvalue weighted by atomic mass is 19.4. The maximum atomic E-state index is 13.7. The van der Waals surface area contributed by atoms with E-state index in [2.05, 4.69) is 28.3 Å². The summed E-state index contributed by atoms with van der Waals surface area (Å²) in [6, 6.07) is 5.56. The highest BCUT2D eigenvalue weighted by Crippen LogP contribution is 2.36. The quantitative estimate of drug-likeness (QED) is 0.310. The number of halogens is 4. The number of aliphatic imine (C=N–C) groups is 1. The zero-order chi connectivity index (χ0) is 25.9. The Balaban J connectivity index is 1.45. The van der Waals surface area contributed by atoms with E-state index in [9.17, 15) is 22.4 Å². The van der Waals surface area contributed by atoms with Gasteiger partial charge in [0, 0.05) is 31.6 Å². The van der Waals surface area contributed by atoms with Crippen LogP contribution in [0.3, 0.4) is 0 Å². The monoisotopic (exact) mass is 503 g/mol. The summed E-state index contributed by atoms with van der Waals surface area (Å²) in [6.07, 6.45) is 0.952. The van der Waals surface area contributed by atoms with Crippen LogP contribution >= 0.6 is 0 Å². The van der Waals surface area contributed by atoms with Gasteiger partial charge in [-0.2, -0.15) is 18.3 Å². The van der Waals surface area contributed by atoms with E-state index in [1.165, 1.54) is 28.9 Å². The van der Waals surface area contributed by atoms with Gasteiger partial charge in [-0.05, 0) is 55.7 Å². The number of rotatable bonds is 7. The molecule has 0 N–H and O–H groups in total. The minimum atomic E-state index is -4.59. The van der Waals surface area contributed by atoms with Crippen molar-refractivity contribution in [3.8, 4) is 0 Å². The predicted molar refractivity (Wildman–Crippen MR) is 129 cm³/mol. The van der Waals surface area contributed by atoms with Crippen molar-refractivity contribution in [1.82, 2.24) is 19.6 Å². The lowest BCUT2D eigenvalue weighted by molar-refractivity contribution is -0.142. The maximum Gasteiger partial charge on any atom is 0.435 e. The third-order valence-electron chi connectivity index (χ3n) is 6.84. The molecular weight excluding hydrogens is 474 g/mol. The zero-order valence-corrected chi connectivity index (χ0v) is 20.0. The summed E-state index contributed by atoms with van der Waals surface area (Å²) < 4.78 is 55.6. The van der Waals surface area contributed by atoms with E-state index in [1.807, 2.05) is 0 Å². The van der Waals surface area contributed by atoms with Crippen molar-refractivity contribution in [2.45, 2.75) is 44.9 Å². The van der Waals surface area contributed by atoms with Crippen LogP contribution in [0.4, 0.5) is 17.6 Å². The summed E-state index contributed by atoms with van der Waals surface area (Å²) in [4.78, 5) is 20.9. The first-order valence-corrected chi connectivity index (χ1v) is 11.9. The summed E-state index contributed by atoms with van der Waals surface area (Å²) >= 11 is 0. The van der Waals surface area contributed by atoms with E-state index >= 15 is 0 Å². The van der Waals surface area contributed by atoms with Crippen molar-refractivity contribution >= 4 is 12.6 Å². The predicted octanol–water partition coefficient (Wildman–Crippen LogP) is 4.80. The Hall–Kier alpha value is -3.43. The van der Waals surface area contributed by atoms with Gasteiger partial charge in [0.05, 0.1) is 18.8 Å². The molecule has 3 heterocycles. The highest BCUT2D eigenvalue weighted by Gasteiger charge is 2.41. The fourth-order valence-corrected chi connectivity index (χ4v) is 4.92. The fraction of sp³-hybridized carbons (Fsp3) is 0.423. The Kier molecular flexibility index (Phi) is 7.61. The number of hydrogen-bond acceptors (Lipinski definition) is 4. The van der Waals surface area contributed by atoms with Crippen LogP contribution in [-0.4, -0.2) is 51.8 Å². The number of carbonyl (C=O) groups excluding carboxylic acids is 1. The normalized spacial score (nSPS) is 17.2. The van der Waals surface area contributed by atoms with Crippen molar-refractivity contribution in [2.24, 2.45) is 10.9 Å². The summed E-state index contributed by atoms with van der Waals surface area (Å²) in [5, 5.41) is 3.87. The first-order valence-electron chi connectivity index (χ1n) is 11.9. The molecule has 36 heavy (non-hydrogen) atoms. The number of likely N-dealkylation sites (tertiary alicyclic amines) is 1. The molecule has 192 valence electrons. The van der Waals surface area contributed by atoms with Gasteiger partial charge < -0.3 is 9.80 Å².